The van der Waals surface area contributed by atoms with Gasteiger partial charge in [0, 0.05) is 35.5 Å². The van der Waals surface area contributed by atoms with Crippen LogP contribution in [-0.2, 0) is 25.1 Å². The number of thioether (sulfide) groups is 1. The lowest BCUT2D eigenvalue weighted by atomic mass is 9.81. The van der Waals surface area contributed by atoms with Crippen molar-refractivity contribution in [2.75, 3.05) is 19.1 Å². The maximum Gasteiger partial charge on any atom is 0.305 e. The van der Waals surface area contributed by atoms with Crippen LogP contribution in [0.1, 0.15) is 38.7 Å². The van der Waals surface area contributed by atoms with Gasteiger partial charge in [0.2, 0.25) is 0 Å². The lowest BCUT2D eigenvalue weighted by molar-refractivity contribution is -0.140. The first kappa shape index (κ1) is 25.2. The van der Waals surface area contributed by atoms with Crippen LogP contribution in [0.4, 0.5) is 11.5 Å². The van der Waals surface area contributed by atoms with Gasteiger partial charge in [-0.2, -0.15) is 8.42 Å². The van der Waals surface area contributed by atoms with Crippen LogP contribution in [0.3, 0.4) is 0 Å². The molecule has 2 aliphatic rings. The van der Waals surface area contributed by atoms with Gasteiger partial charge in [0.15, 0.2) is 5.82 Å². The van der Waals surface area contributed by atoms with Crippen molar-refractivity contribution in [2.24, 2.45) is 4.99 Å². The molecule has 0 saturated carbocycles. The number of nitrogens with zero attached hydrogens (tertiary/aromatic N) is 3. The number of aliphatic imine (C=N–C) groups is 1. The van der Waals surface area contributed by atoms with Gasteiger partial charge in [0.25, 0.3) is 10.1 Å². The van der Waals surface area contributed by atoms with E-state index in [0.717, 1.165) is 32.5 Å². The Morgan fingerprint density at radius 3 is 2.71 bits per heavy atom. The first-order valence-corrected chi connectivity index (χ1v) is 13.3. The molecule has 0 radical (unpaired) electrons. The Balaban J connectivity index is 1.68. The highest BCUT2D eigenvalue weighted by molar-refractivity contribution is 8.03. The summed E-state index contributed by atoms with van der Waals surface area (Å²) >= 11 is 1.42. The summed E-state index contributed by atoms with van der Waals surface area (Å²) in [5.74, 6) is 0.451. The molecule has 1 aromatic carbocycles. The highest BCUT2D eigenvalue weighted by Gasteiger charge is 2.34. The molecule has 1 aromatic heterocycles. The van der Waals surface area contributed by atoms with Gasteiger partial charge in [0.05, 0.1) is 28.4 Å². The smallest absolute Gasteiger partial charge is 0.305 e. The summed E-state index contributed by atoms with van der Waals surface area (Å²) in [7, 11) is -1.01. The number of hydrogen-bond donors (Lipinski definition) is 1. The predicted octanol–water partition coefficient (Wildman–Crippen LogP) is 5.05. The Morgan fingerprint density at radius 2 is 2.03 bits per heavy atom. The second-order valence-corrected chi connectivity index (χ2v) is 11.4. The van der Waals surface area contributed by atoms with Crippen LogP contribution in [0.2, 0.25) is 0 Å². The van der Waals surface area contributed by atoms with Crippen LogP contribution in [0.5, 0.6) is 0 Å². The van der Waals surface area contributed by atoms with Crippen LogP contribution in [0, 0.1) is 0 Å². The van der Waals surface area contributed by atoms with E-state index in [9.17, 15) is 17.8 Å². The number of aromatic nitrogens is 1. The number of carbonyl (C=O) groups excluding carboxylic acids is 1. The third kappa shape index (κ3) is 5.19. The first-order valence-electron chi connectivity index (χ1n) is 11.1. The molecule has 0 unspecified atom stereocenters. The topological polar surface area (TPSA) is 109 Å². The van der Waals surface area contributed by atoms with E-state index in [0.29, 0.717) is 25.1 Å². The fourth-order valence-corrected chi connectivity index (χ4v) is 5.83. The molecule has 0 spiro atoms. The fraction of sp³-hybridized carbons (Fsp3) is 0.320. The Bertz CT molecular complexity index is 1380. The van der Waals surface area contributed by atoms with Crippen LogP contribution < -0.4 is 4.90 Å². The minimum Gasteiger partial charge on any atom is -0.469 e. The Kier molecular flexibility index (Phi) is 6.90. The van der Waals surface area contributed by atoms with Gasteiger partial charge >= 0.3 is 5.97 Å². The molecule has 2 aliphatic heterocycles. The minimum absolute atomic E-state index is 0.139. The predicted molar refractivity (Wildman–Crippen MR) is 137 cm³/mol. The van der Waals surface area contributed by atoms with Gasteiger partial charge in [-0.25, -0.2) is 9.98 Å². The van der Waals surface area contributed by atoms with E-state index < -0.39 is 10.1 Å². The number of fused-ring (bicyclic) bond motifs is 2. The van der Waals surface area contributed by atoms with Crippen LogP contribution in [0.15, 0.2) is 74.1 Å². The van der Waals surface area contributed by atoms with Gasteiger partial charge in [-0.1, -0.05) is 31.7 Å². The van der Waals surface area contributed by atoms with Gasteiger partial charge < -0.3 is 9.64 Å². The third-order valence-corrected chi connectivity index (χ3v) is 8.16. The van der Waals surface area contributed by atoms with E-state index in [1.165, 1.54) is 31.0 Å². The number of ether oxygens (including phenoxy) is 1. The van der Waals surface area contributed by atoms with Crippen molar-refractivity contribution in [1.29, 1.82) is 0 Å². The van der Waals surface area contributed by atoms with Crippen molar-refractivity contribution in [1.82, 2.24) is 4.98 Å². The zero-order chi connectivity index (χ0) is 25.4. The summed E-state index contributed by atoms with van der Waals surface area (Å²) in [5, 5.41) is 0.892. The zero-order valence-corrected chi connectivity index (χ0v) is 21.6. The van der Waals surface area contributed by atoms with Crippen molar-refractivity contribution in [2.45, 2.75) is 48.3 Å². The molecule has 2 aromatic rings. The fourth-order valence-electron chi connectivity index (χ4n) is 4.08. The quantitative estimate of drug-likeness (QED) is 0.405. The maximum atomic E-state index is 11.7. The molecular formula is C25H27N3O5S2. The second kappa shape index (κ2) is 9.60. The molecule has 4 rings (SSSR count). The maximum absolute atomic E-state index is 11.7. The number of hydrogen-bond acceptors (Lipinski definition) is 8. The number of anilines is 1. The summed E-state index contributed by atoms with van der Waals surface area (Å²) in [5.41, 5.74) is 3.44. The summed E-state index contributed by atoms with van der Waals surface area (Å²) in [6, 6.07) is 8.48. The number of methoxy groups -OCH3 is 1. The van der Waals surface area contributed by atoms with Gasteiger partial charge in [0.1, 0.15) is 0 Å². The Hall–Kier alpha value is -2.95. The number of esters is 1. The van der Waals surface area contributed by atoms with Crippen molar-refractivity contribution < 1.29 is 22.5 Å². The van der Waals surface area contributed by atoms with Crippen molar-refractivity contribution in [3.8, 4) is 0 Å². The van der Waals surface area contributed by atoms with Crippen molar-refractivity contribution in [3.63, 3.8) is 0 Å². The normalized spacial score (nSPS) is 17.9. The van der Waals surface area contributed by atoms with Gasteiger partial charge in [-0.3, -0.25) is 9.35 Å². The molecule has 0 aliphatic carbocycles. The highest BCUT2D eigenvalue weighted by atomic mass is 32.2. The van der Waals surface area contributed by atoms with Crippen molar-refractivity contribution >= 4 is 45.1 Å². The van der Waals surface area contributed by atoms with Crippen LogP contribution in [0.25, 0.3) is 0 Å². The lowest BCUT2D eigenvalue weighted by Crippen LogP contribution is -2.24. The van der Waals surface area contributed by atoms with Gasteiger partial charge in [-0.15, -0.1) is 0 Å². The molecule has 0 fully saturated rings. The molecule has 35 heavy (non-hydrogen) atoms. The van der Waals surface area contributed by atoms with E-state index in [4.69, 9.17) is 9.73 Å². The summed E-state index contributed by atoms with van der Waals surface area (Å²) in [4.78, 5) is 23.4. The molecular weight excluding hydrogens is 486 g/mol. The molecule has 1 N–H and O–H groups in total. The number of rotatable bonds is 7. The minimum atomic E-state index is -4.29. The van der Waals surface area contributed by atoms with E-state index in [-0.39, 0.29) is 16.3 Å². The highest BCUT2D eigenvalue weighted by Crippen LogP contribution is 2.46. The first-order chi connectivity index (χ1) is 16.5. The molecule has 3 heterocycles. The number of pyridine rings is 1. The van der Waals surface area contributed by atoms with E-state index in [1.807, 2.05) is 36.2 Å². The Labute approximate surface area is 209 Å². The lowest BCUT2D eigenvalue weighted by Gasteiger charge is -2.21. The largest absolute Gasteiger partial charge is 0.469 e. The number of carbonyl (C=O) groups is 1. The molecule has 0 atom stereocenters. The van der Waals surface area contributed by atoms with Crippen LogP contribution >= 0.6 is 11.8 Å². The summed E-state index contributed by atoms with van der Waals surface area (Å²) in [6.45, 7) is 4.22. The molecule has 8 nitrogen and oxygen atoms in total. The molecule has 0 amide bonds. The molecule has 10 heteroatoms. The SMILES string of the molecule is COC(=O)CCCC(=C\C1=Nc2ncccc2C1(C)C)/C=C1/Sc2cc(S(=O)(=O)O)ccc2N1C. The molecule has 0 saturated heterocycles. The van der Waals surface area contributed by atoms with E-state index in [1.54, 1.807) is 12.3 Å². The summed E-state index contributed by atoms with van der Waals surface area (Å²) in [6.07, 6.45) is 7.34. The Morgan fingerprint density at radius 1 is 1.26 bits per heavy atom. The zero-order valence-electron chi connectivity index (χ0n) is 20.0. The summed E-state index contributed by atoms with van der Waals surface area (Å²) < 4.78 is 37.3. The standard InChI is InChI=1S/C25H27N3O5S2/c1-25(2)18-8-6-12-26-24(18)27-21(25)13-16(7-5-9-23(29)33-4)14-22-28(3)19-11-10-17(35(30,31)32)15-20(19)34-22/h6,8,10-15H,5,7,9H2,1-4H3,(H,30,31,32)/b16-13+,22-14+. The monoisotopic (exact) mass is 513 g/mol. The second-order valence-electron chi connectivity index (χ2n) is 8.89. The van der Waals surface area contributed by atoms with Crippen molar-refractivity contribution in [3.05, 3.63) is 64.8 Å². The average molecular weight is 514 g/mol. The van der Waals surface area contributed by atoms with Gasteiger partial charge in [-0.05, 0) is 54.8 Å². The average Bonchev–Trinajstić information content (AvgIpc) is 3.25. The molecule has 184 valence electrons. The van der Waals surface area contributed by atoms with Crippen LogP contribution in [-0.4, -0.2) is 43.8 Å². The molecule has 0 bridgehead atoms. The third-order valence-electron chi connectivity index (χ3n) is 6.17. The van der Waals surface area contributed by atoms with E-state index >= 15 is 0 Å². The number of benzene rings is 1. The number of allylic oxidation sites excluding steroid dienone is 3. The van der Waals surface area contributed by atoms with E-state index in [2.05, 4.69) is 18.8 Å².